The van der Waals surface area contributed by atoms with Gasteiger partial charge in [-0.1, -0.05) is 19.1 Å². The average molecular weight is 275 g/mol. The summed E-state index contributed by atoms with van der Waals surface area (Å²) in [7, 11) is -3.51. The number of hydrogen-bond acceptors (Lipinski definition) is 5. The molecule has 1 atom stereocenters. The van der Waals surface area contributed by atoms with Gasteiger partial charge in [-0.05, 0) is 18.4 Å². The average Bonchev–Trinajstić information content (AvgIpc) is 2.35. The van der Waals surface area contributed by atoms with Crippen molar-refractivity contribution in [2.24, 2.45) is 5.84 Å². The molecule has 1 aromatic carbocycles. The van der Waals surface area contributed by atoms with Crippen LogP contribution in [-0.2, 0) is 10.0 Å². The van der Waals surface area contributed by atoms with Crippen molar-refractivity contribution in [3.63, 3.8) is 0 Å². The summed E-state index contributed by atoms with van der Waals surface area (Å²) in [5.74, 6) is 5.28. The Labute approximate surface area is 106 Å². The van der Waals surface area contributed by atoms with E-state index in [0.29, 0.717) is 12.2 Å². The van der Waals surface area contributed by atoms with Crippen LogP contribution in [0.4, 0.5) is 5.69 Å². The predicted octanol–water partition coefficient (Wildman–Crippen LogP) is 1.00. The van der Waals surface area contributed by atoms with E-state index < -0.39 is 10.0 Å². The zero-order valence-corrected chi connectivity index (χ0v) is 11.4. The molecule has 0 aliphatic rings. The van der Waals surface area contributed by atoms with Crippen LogP contribution in [0.3, 0.4) is 0 Å². The standard InChI is InChI=1S/C10H17N3O2S2/c1-8(16-2)7-12-17(14,15)10-6-4-3-5-9(10)13-11/h3-6,8,12-13H,7,11H2,1-2H3. The molecule has 0 saturated carbocycles. The molecule has 1 rings (SSSR count). The van der Waals surface area contributed by atoms with E-state index >= 15 is 0 Å². The molecule has 5 nitrogen and oxygen atoms in total. The number of benzene rings is 1. The minimum absolute atomic E-state index is 0.163. The smallest absolute Gasteiger partial charge is 0.242 e. The van der Waals surface area contributed by atoms with Gasteiger partial charge in [-0.15, -0.1) is 0 Å². The number of nitrogens with two attached hydrogens (primary N) is 1. The Morgan fingerprint density at radius 3 is 2.65 bits per heavy atom. The lowest BCUT2D eigenvalue weighted by Crippen LogP contribution is -2.30. The Bertz CT molecular complexity index is 462. The second kappa shape index (κ2) is 6.25. The van der Waals surface area contributed by atoms with Crippen LogP contribution in [0.2, 0.25) is 0 Å². The number of anilines is 1. The van der Waals surface area contributed by atoms with Gasteiger partial charge in [-0.2, -0.15) is 11.8 Å². The SMILES string of the molecule is CSC(C)CNS(=O)(=O)c1ccccc1NN. The van der Waals surface area contributed by atoms with Crippen molar-refractivity contribution < 1.29 is 8.42 Å². The minimum Gasteiger partial charge on any atom is -0.323 e. The van der Waals surface area contributed by atoms with Gasteiger partial charge in [-0.25, -0.2) is 13.1 Å². The van der Waals surface area contributed by atoms with Crippen LogP contribution in [0.25, 0.3) is 0 Å². The second-order valence-electron chi connectivity index (χ2n) is 3.54. The van der Waals surface area contributed by atoms with Crippen molar-refractivity contribution in [2.45, 2.75) is 17.1 Å². The normalized spacial score (nSPS) is 13.4. The van der Waals surface area contributed by atoms with Crippen LogP contribution in [0.1, 0.15) is 6.92 Å². The molecule has 7 heteroatoms. The molecular weight excluding hydrogens is 258 g/mol. The fourth-order valence-corrected chi connectivity index (χ4v) is 2.86. The van der Waals surface area contributed by atoms with Crippen molar-refractivity contribution in [3.8, 4) is 0 Å². The summed E-state index contributed by atoms with van der Waals surface area (Å²) < 4.78 is 26.6. The number of nitrogen functional groups attached to an aromatic ring is 1. The lowest BCUT2D eigenvalue weighted by molar-refractivity contribution is 0.581. The van der Waals surface area contributed by atoms with Crippen molar-refractivity contribution in [1.29, 1.82) is 0 Å². The van der Waals surface area contributed by atoms with E-state index in [1.165, 1.54) is 6.07 Å². The molecule has 0 heterocycles. The Morgan fingerprint density at radius 2 is 2.06 bits per heavy atom. The fraction of sp³-hybridized carbons (Fsp3) is 0.400. The zero-order chi connectivity index (χ0) is 12.9. The van der Waals surface area contributed by atoms with Crippen LogP contribution >= 0.6 is 11.8 Å². The van der Waals surface area contributed by atoms with Gasteiger partial charge < -0.3 is 5.43 Å². The van der Waals surface area contributed by atoms with Gasteiger partial charge in [0.25, 0.3) is 0 Å². The van der Waals surface area contributed by atoms with Crippen molar-refractivity contribution in [3.05, 3.63) is 24.3 Å². The van der Waals surface area contributed by atoms with E-state index in [0.717, 1.165) is 0 Å². The lowest BCUT2D eigenvalue weighted by atomic mass is 10.3. The molecule has 0 fully saturated rings. The van der Waals surface area contributed by atoms with Crippen molar-refractivity contribution >= 4 is 27.5 Å². The van der Waals surface area contributed by atoms with Crippen LogP contribution in [0, 0.1) is 0 Å². The summed E-state index contributed by atoms with van der Waals surface area (Å²) in [6.07, 6.45) is 1.94. The highest BCUT2D eigenvalue weighted by Gasteiger charge is 2.18. The number of sulfonamides is 1. The summed E-state index contributed by atoms with van der Waals surface area (Å²) in [5.41, 5.74) is 2.76. The number of thioether (sulfide) groups is 1. The number of nitrogens with one attached hydrogen (secondary N) is 2. The third kappa shape index (κ3) is 3.88. The Kier molecular flexibility index (Phi) is 5.26. The van der Waals surface area contributed by atoms with E-state index in [4.69, 9.17) is 5.84 Å². The third-order valence-corrected chi connectivity index (χ3v) is 4.75. The van der Waals surface area contributed by atoms with E-state index in [9.17, 15) is 8.42 Å². The first-order chi connectivity index (χ1) is 8.01. The lowest BCUT2D eigenvalue weighted by Gasteiger charge is -2.13. The molecule has 0 saturated heterocycles. The van der Waals surface area contributed by atoms with Gasteiger partial charge in [0, 0.05) is 11.8 Å². The number of rotatable bonds is 6. The number of para-hydroxylation sites is 1. The highest BCUT2D eigenvalue weighted by atomic mass is 32.2. The van der Waals surface area contributed by atoms with Gasteiger partial charge in [0.2, 0.25) is 10.0 Å². The second-order valence-corrected chi connectivity index (χ2v) is 6.55. The van der Waals surface area contributed by atoms with Gasteiger partial charge in [0.1, 0.15) is 4.90 Å². The summed E-state index contributed by atoms with van der Waals surface area (Å²) in [6.45, 7) is 2.35. The third-order valence-electron chi connectivity index (χ3n) is 2.30. The summed E-state index contributed by atoms with van der Waals surface area (Å²) in [4.78, 5) is 0.163. The highest BCUT2D eigenvalue weighted by Crippen LogP contribution is 2.19. The highest BCUT2D eigenvalue weighted by molar-refractivity contribution is 7.99. The van der Waals surface area contributed by atoms with Crippen molar-refractivity contribution in [1.82, 2.24) is 4.72 Å². The molecule has 1 aromatic rings. The largest absolute Gasteiger partial charge is 0.323 e. The van der Waals surface area contributed by atoms with Gasteiger partial charge >= 0.3 is 0 Å². The molecule has 0 aromatic heterocycles. The number of hydrazine groups is 1. The minimum atomic E-state index is -3.51. The summed E-state index contributed by atoms with van der Waals surface area (Å²) in [5, 5.41) is 0.225. The summed E-state index contributed by atoms with van der Waals surface area (Å²) >= 11 is 1.60. The molecular formula is C10H17N3O2S2. The molecule has 0 spiro atoms. The molecule has 96 valence electrons. The molecule has 0 radical (unpaired) electrons. The maximum absolute atomic E-state index is 12.0. The first-order valence-corrected chi connectivity index (χ1v) is 7.86. The van der Waals surface area contributed by atoms with Crippen molar-refractivity contribution in [2.75, 3.05) is 18.2 Å². The van der Waals surface area contributed by atoms with Gasteiger partial charge in [-0.3, -0.25) is 5.84 Å². The van der Waals surface area contributed by atoms with Crippen LogP contribution in [0.5, 0.6) is 0 Å². The monoisotopic (exact) mass is 275 g/mol. The first-order valence-electron chi connectivity index (χ1n) is 5.09. The molecule has 17 heavy (non-hydrogen) atoms. The zero-order valence-electron chi connectivity index (χ0n) is 9.80. The molecule has 0 bridgehead atoms. The van der Waals surface area contributed by atoms with E-state index in [2.05, 4.69) is 10.1 Å². The maximum Gasteiger partial charge on any atom is 0.242 e. The van der Waals surface area contributed by atoms with E-state index in [1.807, 2.05) is 13.2 Å². The predicted molar refractivity (Wildman–Crippen MR) is 72.4 cm³/mol. The topological polar surface area (TPSA) is 84.2 Å². The van der Waals surface area contributed by atoms with Crippen LogP contribution < -0.4 is 16.0 Å². The first kappa shape index (κ1) is 14.3. The van der Waals surface area contributed by atoms with E-state index in [-0.39, 0.29) is 10.1 Å². The van der Waals surface area contributed by atoms with Crippen LogP contribution in [-0.4, -0.2) is 26.5 Å². The summed E-state index contributed by atoms with van der Waals surface area (Å²) in [6, 6.07) is 6.51. The fourth-order valence-electron chi connectivity index (χ4n) is 1.21. The Balaban J connectivity index is 2.89. The Morgan fingerprint density at radius 1 is 1.41 bits per heavy atom. The Hall–Kier alpha value is -0.760. The van der Waals surface area contributed by atoms with Gasteiger partial charge in [0.05, 0.1) is 5.69 Å². The van der Waals surface area contributed by atoms with Crippen LogP contribution in [0.15, 0.2) is 29.2 Å². The molecule has 0 aliphatic heterocycles. The molecule has 0 aliphatic carbocycles. The molecule has 4 N–H and O–H groups in total. The number of hydrogen-bond donors (Lipinski definition) is 3. The van der Waals surface area contributed by atoms with Gasteiger partial charge in [0.15, 0.2) is 0 Å². The molecule has 1 unspecified atom stereocenters. The quantitative estimate of drug-likeness (QED) is 0.533. The van der Waals surface area contributed by atoms with E-state index in [1.54, 1.807) is 30.0 Å². The maximum atomic E-state index is 12.0. The molecule has 0 amide bonds.